The van der Waals surface area contributed by atoms with Gasteiger partial charge in [-0.3, -0.25) is 9.59 Å². The molecular weight excluding hydrogens is 256 g/mol. The van der Waals surface area contributed by atoms with E-state index in [4.69, 9.17) is 9.47 Å². The zero-order valence-electron chi connectivity index (χ0n) is 13.7. The standard InChI is InChI=1S/C16H30O4/c1-6-8-12-19-15(18)16(4,5)11-9-10-14(17)20-13(3)7-2/h13H,6-12H2,1-5H3. The van der Waals surface area contributed by atoms with Crippen LogP contribution in [0.25, 0.3) is 0 Å². The maximum atomic E-state index is 11.9. The summed E-state index contributed by atoms with van der Waals surface area (Å²) >= 11 is 0. The molecule has 4 nitrogen and oxygen atoms in total. The molecule has 20 heavy (non-hydrogen) atoms. The number of rotatable bonds is 10. The van der Waals surface area contributed by atoms with Crippen molar-refractivity contribution in [2.24, 2.45) is 5.41 Å². The van der Waals surface area contributed by atoms with Gasteiger partial charge in [-0.2, -0.15) is 0 Å². The van der Waals surface area contributed by atoms with Gasteiger partial charge in [-0.1, -0.05) is 20.3 Å². The molecule has 0 aliphatic heterocycles. The third-order valence-electron chi connectivity index (χ3n) is 3.37. The molecule has 0 spiro atoms. The minimum absolute atomic E-state index is 0.0329. The summed E-state index contributed by atoms with van der Waals surface area (Å²) in [6.45, 7) is 10.1. The zero-order chi connectivity index (χ0) is 15.6. The number of hydrogen-bond acceptors (Lipinski definition) is 4. The first-order chi connectivity index (χ1) is 9.33. The van der Waals surface area contributed by atoms with E-state index in [-0.39, 0.29) is 18.0 Å². The summed E-state index contributed by atoms with van der Waals surface area (Å²) in [6, 6.07) is 0. The highest BCUT2D eigenvalue weighted by Gasteiger charge is 2.29. The van der Waals surface area contributed by atoms with Gasteiger partial charge in [0.05, 0.1) is 18.1 Å². The number of carbonyl (C=O) groups is 2. The predicted molar refractivity (Wildman–Crippen MR) is 79.3 cm³/mol. The summed E-state index contributed by atoms with van der Waals surface area (Å²) in [4.78, 5) is 23.4. The van der Waals surface area contributed by atoms with Gasteiger partial charge in [0.2, 0.25) is 0 Å². The predicted octanol–water partition coefficient (Wildman–Crippen LogP) is 3.87. The van der Waals surface area contributed by atoms with E-state index in [1.54, 1.807) is 0 Å². The maximum absolute atomic E-state index is 11.9. The van der Waals surface area contributed by atoms with Crippen LogP contribution in [0.5, 0.6) is 0 Å². The van der Waals surface area contributed by atoms with Crippen molar-refractivity contribution in [3.05, 3.63) is 0 Å². The fourth-order valence-corrected chi connectivity index (χ4v) is 1.65. The third kappa shape index (κ3) is 8.18. The minimum Gasteiger partial charge on any atom is -0.465 e. The highest BCUT2D eigenvalue weighted by molar-refractivity contribution is 5.76. The highest BCUT2D eigenvalue weighted by Crippen LogP contribution is 2.25. The van der Waals surface area contributed by atoms with Crippen molar-refractivity contribution in [2.75, 3.05) is 6.61 Å². The van der Waals surface area contributed by atoms with E-state index in [0.717, 1.165) is 19.3 Å². The van der Waals surface area contributed by atoms with Crippen LogP contribution in [0.4, 0.5) is 0 Å². The largest absolute Gasteiger partial charge is 0.465 e. The monoisotopic (exact) mass is 286 g/mol. The van der Waals surface area contributed by atoms with Gasteiger partial charge in [-0.15, -0.1) is 0 Å². The second kappa shape index (κ2) is 9.78. The number of esters is 2. The fourth-order valence-electron chi connectivity index (χ4n) is 1.65. The molecule has 0 rings (SSSR count). The average Bonchev–Trinajstić information content (AvgIpc) is 2.38. The smallest absolute Gasteiger partial charge is 0.311 e. The number of unbranched alkanes of at least 4 members (excludes halogenated alkanes) is 1. The van der Waals surface area contributed by atoms with Gasteiger partial charge in [0.25, 0.3) is 0 Å². The molecule has 4 heteroatoms. The van der Waals surface area contributed by atoms with Crippen molar-refractivity contribution in [3.63, 3.8) is 0 Å². The topological polar surface area (TPSA) is 52.6 Å². The molecule has 0 saturated carbocycles. The lowest BCUT2D eigenvalue weighted by molar-refractivity contribution is -0.155. The third-order valence-corrected chi connectivity index (χ3v) is 3.37. The maximum Gasteiger partial charge on any atom is 0.311 e. The second-order valence-electron chi connectivity index (χ2n) is 5.94. The Hall–Kier alpha value is -1.06. The van der Waals surface area contributed by atoms with Crippen LogP contribution in [0.15, 0.2) is 0 Å². The molecule has 0 N–H and O–H groups in total. The molecule has 118 valence electrons. The Kier molecular flexibility index (Phi) is 9.26. The molecule has 0 aromatic heterocycles. The quantitative estimate of drug-likeness (QED) is 0.452. The Morgan fingerprint density at radius 3 is 2.35 bits per heavy atom. The molecule has 1 atom stereocenters. The molecular formula is C16H30O4. The molecule has 0 aromatic rings. The van der Waals surface area contributed by atoms with Crippen LogP contribution in [0.1, 0.15) is 73.1 Å². The van der Waals surface area contributed by atoms with Crippen LogP contribution < -0.4 is 0 Å². The van der Waals surface area contributed by atoms with Crippen molar-refractivity contribution >= 4 is 11.9 Å². The molecule has 0 aliphatic rings. The lowest BCUT2D eigenvalue weighted by Crippen LogP contribution is -2.27. The SMILES string of the molecule is CCCCOC(=O)C(C)(C)CCCC(=O)OC(C)CC. The Morgan fingerprint density at radius 2 is 1.80 bits per heavy atom. The first-order valence-electron chi connectivity index (χ1n) is 7.70. The average molecular weight is 286 g/mol. The Labute approximate surface area is 123 Å². The molecule has 0 bridgehead atoms. The van der Waals surface area contributed by atoms with Crippen LogP contribution in [0.3, 0.4) is 0 Å². The van der Waals surface area contributed by atoms with Gasteiger partial charge in [0, 0.05) is 6.42 Å². The summed E-state index contributed by atoms with van der Waals surface area (Å²) < 4.78 is 10.4. The Balaban J connectivity index is 3.97. The number of hydrogen-bond donors (Lipinski definition) is 0. The van der Waals surface area contributed by atoms with E-state index >= 15 is 0 Å². The summed E-state index contributed by atoms with van der Waals surface area (Å²) in [5.74, 6) is -0.365. The molecule has 0 saturated heterocycles. The van der Waals surface area contributed by atoms with E-state index in [0.29, 0.717) is 25.9 Å². The molecule has 1 unspecified atom stereocenters. The van der Waals surface area contributed by atoms with Crippen molar-refractivity contribution in [1.82, 2.24) is 0 Å². The first-order valence-corrected chi connectivity index (χ1v) is 7.70. The summed E-state index contributed by atoms with van der Waals surface area (Å²) in [7, 11) is 0. The van der Waals surface area contributed by atoms with Crippen LogP contribution in [0.2, 0.25) is 0 Å². The van der Waals surface area contributed by atoms with Crippen molar-refractivity contribution < 1.29 is 19.1 Å². The lowest BCUT2D eigenvalue weighted by Gasteiger charge is -2.22. The van der Waals surface area contributed by atoms with Gasteiger partial charge in [-0.25, -0.2) is 0 Å². The van der Waals surface area contributed by atoms with E-state index in [9.17, 15) is 9.59 Å². The molecule has 0 amide bonds. The summed E-state index contributed by atoms with van der Waals surface area (Å²) in [5.41, 5.74) is -0.537. The van der Waals surface area contributed by atoms with Gasteiger partial charge in [0.15, 0.2) is 0 Å². The normalized spacial score (nSPS) is 12.8. The minimum atomic E-state index is -0.537. The molecule has 0 heterocycles. The Morgan fingerprint density at radius 1 is 1.15 bits per heavy atom. The van der Waals surface area contributed by atoms with E-state index in [1.165, 1.54) is 0 Å². The van der Waals surface area contributed by atoms with Gasteiger partial charge >= 0.3 is 11.9 Å². The molecule has 0 radical (unpaired) electrons. The second-order valence-corrected chi connectivity index (χ2v) is 5.94. The van der Waals surface area contributed by atoms with Crippen molar-refractivity contribution in [3.8, 4) is 0 Å². The molecule has 0 aromatic carbocycles. The van der Waals surface area contributed by atoms with Crippen LogP contribution in [0, 0.1) is 5.41 Å². The number of ether oxygens (including phenoxy) is 2. The van der Waals surface area contributed by atoms with Crippen LogP contribution in [-0.2, 0) is 19.1 Å². The summed E-state index contributed by atoms with van der Waals surface area (Å²) in [5, 5.41) is 0. The first kappa shape index (κ1) is 18.9. The van der Waals surface area contributed by atoms with Crippen LogP contribution in [-0.4, -0.2) is 24.6 Å². The van der Waals surface area contributed by atoms with Crippen molar-refractivity contribution in [1.29, 1.82) is 0 Å². The molecule has 0 fully saturated rings. The fraction of sp³-hybridized carbons (Fsp3) is 0.875. The van der Waals surface area contributed by atoms with Gasteiger partial charge in [-0.05, 0) is 46.5 Å². The zero-order valence-corrected chi connectivity index (χ0v) is 13.7. The molecule has 0 aliphatic carbocycles. The van der Waals surface area contributed by atoms with Crippen molar-refractivity contribution in [2.45, 2.75) is 79.2 Å². The van der Waals surface area contributed by atoms with Gasteiger partial charge < -0.3 is 9.47 Å². The number of carbonyl (C=O) groups excluding carboxylic acids is 2. The van der Waals surface area contributed by atoms with Gasteiger partial charge in [0.1, 0.15) is 0 Å². The van der Waals surface area contributed by atoms with Crippen LogP contribution >= 0.6 is 0 Å². The summed E-state index contributed by atoms with van der Waals surface area (Å²) in [6.07, 6.45) is 4.32. The highest BCUT2D eigenvalue weighted by atomic mass is 16.5. The van der Waals surface area contributed by atoms with E-state index in [1.807, 2.05) is 27.7 Å². The van der Waals surface area contributed by atoms with E-state index in [2.05, 4.69) is 6.92 Å². The lowest BCUT2D eigenvalue weighted by atomic mass is 9.87. The Bertz CT molecular complexity index is 297. The van der Waals surface area contributed by atoms with E-state index < -0.39 is 5.41 Å².